The summed E-state index contributed by atoms with van der Waals surface area (Å²) in [5.74, 6) is 0.107. The van der Waals surface area contributed by atoms with Gasteiger partial charge < -0.3 is 15.5 Å². The average molecular weight is 321 g/mol. The van der Waals surface area contributed by atoms with Crippen LogP contribution in [0.1, 0.15) is 26.7 Å². The Hall–Kier alpha value is -0.460. The van der Waals surface area contributed by atoms with E-state index < -0.39 is 0 Å². The third kappa shape index (κ3) is 4.27. The summed E-state index contributed by atoms with van der Waals surface area (Å²) < 4.78 is 0. The molecule has 0 aromatic rings. The second-order valence-electron chi connectivity index (χ2n) is 5.26. The van der Waals surface area contributed by atoms with E-state index in [-0.39, 0.29) is 24.4 Å². The van der Waals surface area contributed by atoms with Crippen LogP contribution in [0.15, 0.2) is 4.99 Å². The van der Waals surface area contributed by atoms with E-state index in [2.05, 4.69) is 23.7 Å². The summed E-state index contributed by atoms with van der Waals surface area (Å²) in [6.45, 7) is 8.47. The molecule has 0 bridgehead atoms. The minimum absolute atomic E-state index is 0. The van der Waals surface area contributed by atoms with Crippen LogP contribution in [-0.4, -0.2) is 64.9 Å². The van der Waals surface area contributed by atoms with E-state index in [1.54, 1.807) is 0 Å². The molecule has 116 valence electrons. The summed E-state index contributed by atoms with van der Waals surface area (Å²) >= 11 is 1.84. The van der Waals surface area contributed by atoms with Crippen LogP contribution in [-0.2, 0) is 4.79 Å². The third-order valence-corrected chi connectivity index (χ3v) is 4.72. The van der Waals surface area contributed by atoms with Gasteiger partial charge in [0.05, 0.1) is 12.6 Å². The van der Waals surface area contributed by atoms with E-state index in [1.165, 1.54) is 0 Å². The van der Waals surface area contributed by atoms with E-state index >= 15 is 0 Å². The molecule has 2 rings (SSSR count). The van der Waals surface area contributed by atoms with Gasteiger partial charge in [0.25, 0.3) is 0 Å². The fourth-order valence-electron chi connectivity index (χ4n) is 2.42. The number of hydrogen-bond donors (Lipinski definition) is 1. The lowest BCUT2D eigenvalue weighted by Gasteiger charge is -2.36. The van der Waals surface area contributed by atoms with Crippen molar-refractivity contribution < 1.29 is 4.79 Å². The van der Waals surface area contributed by atoms with E-state index in [9.17, 15) is 4.79 Å². The van der Waals surface area contributed by atoms with Crippen LogP contribution in [0.2, 0.25) is 0 Å². The van der Waals surface area contributed by atoms with Crippen molar-refractivity contribution in [2.75, 3.05) is 32.7 Å². The first-order valence-corrected chi connectivity index (χ1v) is 8.00. The summed E-state index contributed by atoms with van der Waals surface area (Å²) in [5, 5.41) is 1.74. The molecule has 20 heavy (non-hydrogen) atoms. The predicted molar refractivity (Wildman–Crippen MR) is 87.6 cm³/mol. The number of carbonyl (C=O) groups is 1. The summed E-state index contributed by atoms with van der Waals surface area (Å²) in [6.07, 6.45) is 1.73. The molecule has 0 spiro atoms. The van der Waals surface area contributed by atoms with Crippen LogP contribution in [0.3, 0.4) is 0 Å². The fraction of sp³-hybridized carbons (Fsp3) is 0.846. The first-order valence-electron chi connectivity index (χ1n) is 7.12. The van der Waals surface area contributed by atoms with E-state index in [1.807, 2.05) is 16.7 Å². The van der Waals surface area contributed by atoms with Crippen LogP contribution in [0.25, 0.3) is 0 Å². The molecule has 0 saturated carbocycles. The molecule has 2 N–H and O–H groups in total. The van der Waals surface area contributed by atoms with Gasteiger partial charge in [-0.25, -0.2) is 0 Å². The molecule has 2 aliphatic heterocycles. The molecule has 1 saturated heterocycles. The monoisotopic (exact) mass is 320 g/mol. The minimum Gasteiger partial charge on any atom is -0.348 e. The van der Waals surface area contributed by atoms with Gasteiger partial charge in [0.1, 0.15) is 0 Å². The van der Waals surface area contributed by atoms with Crippen LogP contribution in [0.4, 0.5) is 0 Å². The van der Waals surface area contributed by atoms with Crippen LogP contribution in [0.5, 0.6) is 0 Å². The molecule has 0 radical (unpaired) electrons. The average Bonchev–Trinajstić information content (AvgIpc) is 2.85. The second-order valence-corrected chi connectivity index (χ2v) is 6.66. The molecule has 2 atom stereocenters. The maximum absolute atomic E-state index is 12.1. The molecule has 0 aromatic carbocycles. The van der Waals surface area contributed by atoms with Crippen molar-refractivity contribution in [3.63, 3.8) is 0 Å². The number of piperazine rings is 1. The Bertz CT molecular complexity index is 358. The molecule has 7 heteroatoms. The Morgan fingerprint density at radius 2 is 2.10 bits per heavy atom. The van der Waals surface area contributed by atoms with E-state index in [4.69, 9.17) is 5.73 Å². The standard InChI is InChI=1S/C13H24N4OS.ClH/c1-3-4-11(14)12(18)16-5-7-17(8-6-16)13-15-9-10(2)19-13;/h10-11H,3-9,14H2,1-2H3;1H. The fourth-order valence-corrected chi connectivity index (χ4v) is 3.41. The number of hydrogen-bond acceptors (Lipinski definition) is 5. The predicted octanol–water partition coefficient (Wildman–Crippen LogP) is 1.17. The number of nitrogens with zero attached hydrogens (tertiary/aromatic N) is 3. The lowest BCUT2D eigenvalue weighted by Crippen LogP contribution is -2.53. The van der Waals surface area contributed by atoms with Crippen molar-refractivity contribution in [2.45, 2.75) is 38.0 Å². The molecule has 1 fully saturated rings. The summed E-state index contributed by atoms with van der Waals surface area (Å²) in [4.78, 5) is 20.9. The number of amides is 1. The highest BCUT2D eigenvalue weighted by Gasteiger charge is 2.28. The zero-order valence-electron chi connectivity index (χ0n) is 12.2. The number of amidine groups is 1. The molecule has 2 aliphatic rings. The van der Waals surface area contributed by atoms with E-state index in [0.29, 0.717) is 5.25 Å². The molecule has 1 amide bonds. The van der Waals surface area contributed by atoms with Gasteiger partial charge in [0.2, 0.25) is 5.91 Å². The van der Waals surface area contributed by atoms with Gasteiger partial charge >= 0.3 is 0 Å². The first kappa shape index (κ1) is 17.6. The molecule has 2 heterocycles. The number of thioether (sulfide) groups is 1. The van der Waals surface area contributed by atoms with Crippen molar-refractivity contribution in [3.05, 3.63) is 0 Å². The molecular weight excluding hydrogens is 296 g/mol. The molecule has 2 unspecified atom stereocenters. The maximum Gasteiger partial charge on any atom is 0.239 e. The molecule has 0 aromatic heterocycles. The van der Waals surface area contributed by atoms with Gasteiger partial charge in [-0.05, 0) is 6.42 Å². The quantitative estimate of drug-likeness (QED) is 0.848. The van der Waals surface area contributed by atoms with Crippen molar-refractivity contribution in [2.24, 2.45) is 10.7 Å². The minimum atomic E-state index is -0.324. The van der Waals surface area contributed by atoms with Crippen LogP contribution < -0.4 is 5.73 Å². The van der Waals surface area contributed by atoms with Gasteiger partial charge in [0, 0.05) is 31.4 Å². The highest BCUT2D eigenvalue weighted by atomic mass is 35.5. The van der Waals surface area contributed by atoms with Gasteiger partial charge in [-0.2, -0.15) is 0 Å². The van der Waals surface area contributed by atoms with Crippen molar-refractivity contribution in [1.82, 2.24) is 9.80 Å². The van der Waals surface area contributed by atoms with E-state index in [0.717, 1.165) is 50.7 Å². The van der Waals surface area contributed by atoms with Gasteiger partial charge in [0.15, 0.2) is 5.17 Å². The lowest BCUT2D eigenvalue weighted by atomic mass is 10.1. The lowest BCUT2D eigenvalue weighted by molar-refractivity contribution is -0.134. The zero-order valence-corrected chi connectivity index (χ0v) is 13.9. The zero-order chi connectivity index (χ0) is 13.8. The summed E-state index contributed by atoms with van der Waals surface area (Å²) in [6, 6.07) is -0.324. The van der Waals surface area contributed by atoms with Crippen LogP contribution in [0, 0.1) is 0 Å². The molecule has 5 nitrogen and oxygen atoms in total. The Labute approximate surface area is 131 Å². The highest BCUT2D eigenvalue weighted by Crippen LogP contribution is 2.23. The Morgan fingerprint density at radius 3 is 2.60 bits per heavy atom. The topological polar surface area (TPSA) is 61.9 Å². The SMILES string of the molecule is CCCC(N)C(=O)N1CCN(C2=NCC(C)S2)CC1.Cl. The third-order valence-electron chi connectivity index (χ3n) is 3.57. The smallest absolute Gasteiger partial charge is 0.239 e. The number of nitrogens with two attached hydrogens (primary N) is 1. The maximum atomic E-state index is 12.1. The summed E-state index contributed by atoms with van der Waals surface area (Å²) in [5.41, 5.74) is 5.90. The van der Waals surface area contributed by atoms with Crippen molar-refractivity contribution in [1.29, 1.82) is 0 Å². The number of carbonyl (C=O) groups excluding carboxylic acids is 1. The summed E-state index contributed by atoms with van der Waals surface area (Å²) in [7, 11) is 0. The van der Waals surface area contributed by atoms with Gasteiger partial charge in [-0.3, -0.25) is 9.79 Å². The Morgan fingerprint density at radius 1 is 1.45 bits per heavy atom. The first-order chi connectivity index (χ1) is 9.11. The van der Waals surface area contributed by atoms with Gasteiger partial charge in [-0.15, -0.1) is 12.4 Å². The molecular formula is C13H25ClN4OS. The number of aliphatic imine (C=N–C) groups is 1. The number of halogens is 1. The highest BCUT2D eigenvalue weighted by molar-refractivity contribution is 8.14. The van der Waals surface area contributed by atoms with Gasteiger partial charge in [-0.1, -0.05) is 32.0 Å². The largest absolute Gasteiger partial charge is 0.348 e. The van der Waals surface area contributed by atoms with Crippen molar-refractivity contribution >= 4 is 35.2 Å². The van der Waals surface area contributed by atoms with Crippen LogP contribution >= 0.6 is 24.2 Å². The molecule has 0 aliphatic carbocycles. The Kier molecular flexibility index (Phi) is 7.12. The normalized spacial score (nSPS) is 24.1. The number of rotatable bonds is 3. The Balaban J connectivity index is 0.00000200. The van der Waals surface area contributed by atoms with Crippen molar-refractivity contribution in [3.8, 4) is 0 Å². The second kappa shape index (κ2) is 8.10.